The van der Waals surface area contributed by atoms with Gasteiger partial charge in [0.05, 0.1) is 5.60 Å². The number of amides is 1. The summed E-state index contributed by atoms with van der Waals surface area (Å²) in [6.45, 7) is 1.43. The Morgan fingerprint density at radius 3 is 2.87 bits per heavy atom. The lowest BCUT2D eigenvalue weighted by atomic mass is 9.71. The van der Waals surface area contributed by atoms with Crippen LogP contribution in [0.5, 0.6) is 0 Å². The molecule has 1 amide bonds. The van der Waals surface area contributed by atoms with Crippen molar-refractivity contribution in [2.45, 2.75) is 50.2 Å². The number of nitrogens with zero attached hydrogens (tertiary/aromatic N) is 2. The van der Waals surface area contributed by atoms with Crippen LogP contribution in [0.25, 0.3) is 0 Å². The van der Waals surface area contributed by atoms with Crippen LogP contribution in [0, 0.1) is 5.92 Å². The van der Waals surface area contributed by atoms with Crippen molar-refractivity contribution in [3.63, 3.8) is 0 Å². The molecule has 23 heavy (non-hydrogen) atoms. The van der Waals surface area contributed by atoms with E-state index in [9.17, 15) is 9.90 Å². The van der Waals surface area contributed by atoms with E-state index in [2.05, 4.69) is 6.26 Å². The van der Waals surface area contributed by atoms with Gasteiger partial charge in [-0.3, -0.25) is 4.79 Å². The number of carbonyl (C=O) groups is 1. The number of aromatic nitrogens is 1. The number of fused-ring (bicyclic) bond motifs is 1. The molecule has 0 radical (unpaired) electrons. The van der Waals surface area contributed by atoms with E-state index in [1.165, 1.54) is 6.42 Å². The van der Waals surface area contributed by atoms with Crippen molar-refractivity contribution in [3.8, 4) is 0 Å². The number of rotatable bonds is 5. The Morgan fingerprint density at radius 2 is 2.13 bits per heavy atom. The van der Waals surface area contributed by atoms with Crippen LogP contribution >= 0.6 is 11.8 Å². The van der Waals surface area contributed by atoms with Gasteiger partial charge in [0.25, 0.3) is 0 Å². The second-order valence-electron chi connectivity index (χ2n) is 7.01. The van der Waals surface area contributed by atoms with Crippen LogP contribution in [-0.4, -0.2) is 51.2 Å². The van der Waals surface area contributed by atoms with Crippen molar-refractivity contribution in [1.82, 2.24) is 9.47 Å². The number of carbonyl (C=O) groups excluding carboxylic acids is 1. The largest absolute Gasteiger partial charge is 0.389 e. The van der Waals surface area contributed by atoms with Gasteiger partial charge in [0, 0.05) is 31.4 Å². The molecule has 3 atom stereocenters. The maximum Gasteiger partial charge on any atom is 0.245 e. The van der Waals surface area contributed by atoms with E-state index in [0.29, 0.717) is 6.54 Å². The van der Waals surface area contributed by atoms with E-state index in [4.69, 9.17) is 0 Å². The molecule has 1 saturated carbocycles. The average Bonchev–Trinajstić information content (AvgIpc) is 3.08. The Morgan fingerprint density at radius 1 is 1.35 bits per heavy atom. The molecular weight excluding hydrogens is 308 g/mol. The first kappa shape index (κ1) is 16.9. The summed E-state index contributed by atoms with van der Waals surface area (Å²) in [7, 11) is 0. The number of piperidine rings is 1. The summed E-state index contributed by atoms with van der Waals surface area (Å²) in [5.41, 5.74) is -0.517. The van der Waals surface area contributed by atoms with Crippen LogP contribution in [-0.2, 0) is 4.79 Å². The standard InChI is InChI=1S/C18H28N2O2S/c1-23-13-7-16(19-10-4-5-11-19)17(21)20-12-9-18(22)8-3-2-6-15(18)14-20/h4-5,10-11,15-16,22H,2-3,6-9,12-14H2,1H3/t15-,16-,18+/m1/s1. The minimum absolute atomic E-state index is 0.104. The minimum atomic E-state index is -0.517. The zero-order valence-electron chi connectivity index (χ0n) is 14.0. The topological polar surface area (TPSA) is 45.5 Å². The zero-order valence-corrected chi connectivity index (χ0v) is 14.8. The van der Waals surface area contributed by atoms with Gasteiger partial charge < -0.3 is 14.6 Å². The fraction of sp³-hybridized carbons (Fsp3) is 0.722. The maximum absolute atomic E-state index is 13.1. The van der Waals surface area contributed by atoms with Crippen molar-refractivity contribution in [2.75, 3.05) is 25.1 Å². The van der Waals surface area contributed by atoms with Gasteiger partial charge in [0.1, 0.15) is 6.04 Å². The highest BCUT2D eigenvalue weighted by molar-refractivity contribution is 7.98. The van der Waals surface area contributed by atoms with Crippen LogP contribution in [0.15, 0.2) is 24.5 Å². The molecule has 4 nitrogen and oxygen atoms in total. The first-order valence-corrected chi connectivity index (χ1v) is 10.2. The molecule has 0 unspecified atom stereocenters. The first-order chi connectivity index (χ1) is 11.1. The highest BCUT2D eigenvalue weighted by Crippen LogP contribution is 2.40. The van der Waals surface area contributed by atoms with E-state index in [0.717, 1.165) is 44.4 Å². The van der Waals surface area contributed by atoms with Crippen LogP contribution in [0.2, 0.25) is 0 Å². The monoisotopic (exact) mass is 336 g/mol. The molecule has 1 aliphatic carbocycles. The molecule has 1 N–H and O–H groups in total. The third-order valence-corrected chi connectivity index (χ3v) is 6.25. The molecule has 5 heteroatoms. The van der Waals surface area contributed by atoms with Crippen LogP contribution < -0.4 is 0 Å². The van der Waals surface area contributed by atoms with Gasteiger partial charge in [-0.2, -0.15) is 11.8 Å². The number of likely N-dealkylation sites (tertiary alicyclic amines) is 1. The van der Waals surface area contributed by atoms with Gasteiger partial charge in [-0.15, -0.1) is 0 Å². The van der Waals surface area contributed by atoms with E-state index in [1.807, 2.05) is 34.0 Å². The zero-order chi connectivity index (χ0) is 16.3. The molecule has 1 aliphatic heterocycles. The Labute approximate surface area is 143 Å². The van der Waals surface area contributed by atoms with Crippen molar-refractivity contribution in [3.05, 3.63) is 24.5 Å². The maximum atomic E-state index is 13.1. The summed E-state index contributed by atoms with van der Waals surface area (Å²) >= 11 is 1.78. The summed E-state index contributed by atoms with van der Waals surface area (Å²) in [5.74, 6) is 1.47. The highest BCUT2D eigenvalue weighted by Gasteiger charge is 2.44. The van der Waals surface area contributed by atoms with E-state index < -0.39 is 5.60 Å². The lowest BCUT2D eigenvalue weighted by Gasteiger charge is -2.48. The van der Waals surface area contributed by atoms with Crippen molar-refractivity contribution in [2.24, 2.45) is 5.92 Å². The Hall–Kier alpha value is -0.940. The number of hydrogen-bond acceptors (Lipinski definition) is 3. The fourth-order valence-corrected chi connectivity index (χ4v) is 4.63. The van der Waals surface area contributed by atoms with E-state index in [1.54, 1.807) is 11.8 Å². The molecule has 0 spiro atoms. The molecule has 2 heterocycles. The summed E-state index contributed by atoms with van der Waals surface area (Å²) < 4.78 is 2.04. The third-order valence-electron chi connectivity index (χ3n) is 5.61. The minimum Gasteiger partial charge on any atom is -0.389 e. The predicted molar refractivity (Wildman–Crippen MR) is 94.6 cm³/mol. The smallest absolute Gasteiger partial charge is 0.245 e. The SMILES string of the molecule is CSCC[C@H](C(=O)N1CC[C@@]2(O)CCCC[C@@H]2C1)n1cccc1. The predicted octanol–water partition coefficient (Wildman–Crippen LogP) is 2.94. The van der Waals surface area contributed by atoms with E-state index in [-0.39, 0.29) is 17.9 Å². The van der Waals surface area contributed by atoms with Crippen molar-refractivity contribution >= 4 is 17.7 Å². The fourth-order valence-electron chi connectivity index (χ4n) is 4.17. The number of hydrogen-bond donors (Lipinski definition) is 1. The van der Waals surface area contributed by atoms with Gasteiger partial charge in [0.15, 0.2) is 0 Å². The summed E-state index contributed by atoms with van der Waals surface area (Å²) in [4.78, 5) is 15.1. The molecule has 3 rings (SSSR count). The third kappa shape index (κ3) is 3.61. The highest BCUT2D eigenvalue weighted by atomic mass is 32.2. The molecule has 0 aromatic carbocycles. The normalized spacial score (nSPS) is 29.1. The second-order valence-corrected chi connectivity index (χ2v) is 7.99. The summed E-state index contributed by atoms with van der Waals surface area (Å²) in [6.07, 6.45) is 11.9. The first-order valence-electron chi connectivity index (χ1n) is 8.76. The number of thioether (sulfide) groups is 1. The van der Waals surface area contributed by atoms with Gasteiger partial charge in [0.2, 0.25) is 5.91 Å². The van der Waals surface area contributed by atoms with Gasteiger partial charge in [-0.05, 0) is 49.8 Å². The van der Waals surface area contributed by atoms with Gasteiger partial charge in [-0.1, -0.05) is 12.8 Å². The lowest BCUT2D eigenvalue weighted by molar-refractivity contribution is -0.146. The molecule has 0 bridgehead atoms. The lowest BCUT2D eigenvalue weighted by Crippen LogP contribution is -2.55. The van der Waals surface area contributed by atoms with Gasteiger partial charge in [-0.25, -0.2) is 0 Å². The van der Waals surface area contributed by atoms with Crippen molar-refractivity contribution < 1.29 is 9.90 Å². The van der Waals surface area contributed by atoms with Crippen molar-refractivity contribution in [1.29, 1.82) is 0 Å². The molecule has 1 saturated heterocycles. The molecule has 1 aromatic rings. The van der Waals surface area contributed by atoms with Crippen LogP contribution in [0.1, 0.15) is 44.6 Å². The Balaban J connectivity index is 1.70. The summed E-state index contributed by atoms with van der Waals surface area (Å²) in [5, 5.41) is 10.8. The molecule has 128 valence electrons. The van der Waals surface area contributed by atoms with Gasteiger partial charge >= 0.3 is 0 Å². The Bertz CT molecular complexity index is 519. The molecule has 2 aliphatic rings. The number of aliphatic hydroxyl groups is 1. The molecule has 2 fully saturated rings. The van der Waals surface area contributed by atoms with Crippen LogP contribution in [0.3, 0.4) is 0 Å². The quantitative estimate of drug-likeness (QED) is 0.899. The second kappa shape index (κ2) is 7.31. The molecule has 1 aromatic heterocycles. The molecular formula is C18H28N2O2S. The summed E-state index contributed by atoms with van der Waals surface area (Å²) in [6, 6.07) is 3.86. The van der Waals surface area contributed by atoms with E-state index >= 15 is 0 Å². The van der Waals surface area contributed by atoms with Crippen LogP contribution in [0.4, 0.5) is 0 Å². The average molecular weight is 337 g/mol. The Kier molecular flexibility index (Phi) is 5.37.